The van der Waals surface area contributed by atoms with Crippen molar-refractivity contribution in [1.29, 1.82) is 0 Å². The Bertz CT molecular complexity index is 252. The molecular formula is C9H11BrO. The Morgan fingerprint density at radius 1 is 1.64 bits per heavy atom. The smallest absolute Gasteiger partial charge is 0.173 e. The van der Waals surface area contributed by atoms with Gasteiger partial charge in [-0.05, 0) is 33.7 Å². The number of carbonyl (C=O) groups excluding carboxylic acids is 1. The quantitative estimate of drug-likeness (QED) is 0.606. The van der Waals surface area contributed by atoms with Crippen LogP contribution in [0, 0.1) is 17.3 Å². The molecule has 0 aromatic rings. The molecule has 0 aromatic carbocycles. The van der Waals surface area contributed by atoms with Crippen molar-refractivity contribution in [2.24, 2.45) is 17.3 Å². The molecule has 2 bridgehead atoms. The zero-order valence-corrected chi connectivity index (χ0v) is 8.31. The number of rotatable bonds is 0. The summed E-state index contributed by atoms with van der Waals surface area (Å²) in [7, 11) is 0. The van der Waals surface area contributed by atoms with E-state index in [1.807, 2.05) is 0 Å². The molecule has 0 unspecified atom stereocenters. The van der Waals surface area contributed by atoms with Crippen LogP contribution < -0.4 is 0 Å². The van der Waals surface area contributed by atoms with Crippen LogP contribution in [0.2, 0.25) is 0 Å². The van der Waals surface area contributed by atoms with Gasteiger partial charge < -0.3 is 0 Å². The van der Waals surface area contributed by atoms with Crippen LogP contribution in [0.15, 0.2) is 10.6 Å². The molecule has 0 amide bonds. The van der Waals surface area contributed by atoms with Crippen LogP contribution in [0.25, 0.3) is 0 Å². The number of carbonyl (C=O) groups is 1. The third-order valence-corrected chi connectivity index (χ3v) is 3.90. The second-order valence-electron chi connectivity index (χ2n) is 4.10. The summed E-state index contributed by atoms with van der Waals surface area (Å²) in [5, 5.41) is 0. The molecule has 2 heteroatoms. The average molecular weight is 215 g/mol. The zero-order chi connectivity index (χ0) is 8.22. The molecule has 0 aliphatic heterocycles. The summed E-state index contributed by atoms with van der Waals surface area (Å²) in [6.45, 7) is 4.36. The molecule has 2 atom stereocenters. The van der Waals surface area contributed by atoms with Gasteiger partial charge in [0.2, 0.25) is 0 Å². The predicted octanol–water partition coefficient (Wildman–Crippen LogP) is 2.51. The summed E-state index contributed by atoms with van der Waals surface area (Å²) in [6.07, 6.45) is 3.14. The van der Waals surface area contributed by atoms with E-state index in [9.17, 15) is 4.79 Å². The second kappa shape index (κ2) is 1.98. The SMILES string of the molecule is CC1(C)[C@H]2C=C(Br)C(=O)[C@@H]1C2. The van der Waals surface area contributed by atoms with E-state index >= 15 is 0 Å². The van der Waals surface area contributed by atoms with E-state index in [2.05, 4.69) is 35.9 Å². The Morgan fingerprint density at radius 2 is 2.27 bits per heavy atom. The van der Waals surface area contributed by atoms with E-state index in [1.165, 1.54) is 0 Å². The first-order valence-electron chi connectivity index (χ1n) is 3.95. The fourth-order valence-corrected chi connectivity index (χ4v) is 2.71. The minimum absolute atomic E-state index is 0.231. The number of fused-ring (bicyclic) bond motifs is 1. The predicted molar refractivity (Wildman–Crippen MR) is 47.4 cm³/mol. The number of Topliss-reactive ketones (excluding diaryl/α,β-unsaturated/α-hetero) is 1. The van der Waals surface area contributed by atoms with Crippen molar-refractivity contribution in [3.8, 4) is 0 Å². The maximum Gasteiger partial charge on any atom is 0.173 e. The van der Waals surface area contributed by atoms with Gasteiger partial charge in [-0.3, -0.25) is 4.79 Å². The van der Waals surface area contributed by atoms with Crippen molar-refractivity contribution in [2.45, 2.75) is 20.3 Å². The summed E-state index contributed by atoms with van der Waals surface area (Å²) in [5.41, 5.74) is 0.231. The van der Waals surface area contributed by atoms with Crippen molar-refractivity contribution < 1.29 is 4.79 Å². The monoisotopic (exact) mass is 214 g/mol. The van der Waals surface area contributed by atoms with Gasteiger partial charge in [0.25, 0.3) is 0 Å². The maximum atomic E-state index is 11.5. The number of halogens is 1. The lowest BCUT2D eigenvalue weighted by Gasteiger charge is -2.53. The van der Waals surface area contributed by atoms with E-state index < -0.39 is 0 Å². The lowest BCUT2D eigenvalue weighted by atomic mass is 9.51. The first kappa shape index (κ1) is 7.53. The lowest BCUT2D eigenvalue weighted by Crippen LogP contribution is -2.51. The van der Waals surface area contributed by atoms with Gasteiger partial charge in [0.05, 0.1) is 4.48 Å². The second-order valence-corrected chi connectivity index (χ2v) is 4.95. The molecule has 60 valence electrons. The molecule has 1 fully saturated rings. The topological polar surface area (TPSA) is 17.1 Å². The summed E-state index contributed by atoms with van der Waals surface area (Å²) < 4.78 is 0.804. The molecule has 3 aliphatic carbocycles. The number of ketones is 1. The number of allylic oxidation sites excluding steroid dienone is 2. The van der Waals surface area contributed by atoms with Crippen LogP contribution in [0.5, 0.6) is 0 Å². The summed E-state index contributed by atoms with van der Waals surface area (Å²) in [6, 6.07) is 0. The van der Waals surface area contributed by atoms with E-state index in [-0.39, 0.29) is 11.3 Å². The normalized spacial score (nSPS) is 39.5. The first-order chi connectivity index (χ1) is 5.03. The van der Waals surface area contributed by atoms with Crippen molar-refractivity contribution in [2.75, 3.05) is 0 Å². The minimum atomic E-state index is 0.231. The highest BCUT2D eigenvalue weighted by atomic mass is 79.9. The molecule has 11 heavy (non-hydrogen) atoms. The standard InChI is InChI=1S/C9H11BrO/c1-9(2)5-3-6(9)8(11)7(10)4-5/h4-6H,3H2,1-2H3/t5-,6+/m1/s1. The number of hydrogen-bond acceptors (Lipinski definition) is 1. The Labute approximate surface area is 75.0 Å². The third-order valence-electron chi connectivity index (χ3n) is 3.24. The van der Waals surface area contributed by atoms with Crippen molar-refractivity contribution in [3.05, 3.63) is 10.6 Å². The molecule has 0 heterocycles. The van der Waals surface area contributed by atoms with Crippen molar-refractivity contribution in [3.63, 3.8) is 0 Å². The van der Waals surface area contributed by atoms with Crippen LogP contribution in [-0.2, 0) is 4.79 Å². The molecule has 3 rings (SSSR count). The third kappa shape index (κ3) is 0.792. The lowest BCUT2D eigenvalue weighted by molar-refractivity contribution is -0.133. The largest absolute Gasteiger partial charge is 0.293 e. The maximum absolute atomic E-state index is 11.5. The van der Waals surface area contributed by atoms with Crippen LogP contribution in [0.3, 0.4) is 0 Å². The van der Waals surface area contributed by atoms with Crippen LogP contribution in [0.1, 0.15) is 20.3 Å². The molecule has 1 nitrogen and oxygen atoms in total. The first-order valence-corrected chi connectivity index (χ1v) is 4.74. The van der Waals surface area contributed by atoms with Crippen molar-refractivity contribution in [1.82, 2.24) is 0 Å². The Hall–Kier alpha value is -0.110. The van der Waals surface area contributed by atoms with Crippen LogP contribution >= 0.6 is 15.9 Å². The minimum Gasteiger partial charge on any atom is -0.293 e. The highest BCUT2D eigenvalue weighted by molar-refractivity contribution is 9.12. The van der Waals surface area contributed by atoms with Gasteiger partial charge >= 0.3 is 0 Å². The fraction of sp³-hybridized carbons (Fsp3) is 0.667. The molecule has 3 aliphatic rings. The molecule has 0 N–H and O–H groups in total. The summed E-state index contributed by atoms with van der Waals surface area (Å²) in [4.78, 5) is 11.5. The highest BCUT2D eigenvalue weighted by Gasteiger charge is 2.53. The number of hydrogen-bond donors (Lipinski definition) is 0. The Kier molecular flexibility index (Phi) is 1.35. The van der Waals surface area contributed by atoms with Gasteiger partial charge in [-0.2, -0.15) is 0 Å². The molecule has 0 saturated heterocycles. The average Bonchev–Trinajstić information content (AvgIpc) is 1.93. The molecule has 0 radical (unpaired) electrons. The van der Waals surface area contributed by atoms with Gasteiger partial charge in [-0.1, -0.05) is 19.9 Å². The van der Waals surface area contributed by atoms with Gasteiger partial charge in [0.15, 0.2) is 5.78 Å². The van der Waals surface area contributed by atoms with Gasteiger partial charge in [-0.25, -0.2) is 0 Å². The Morgan fingerprint density at radius 3 is 2.64 bits per heavy atom. The molecule has 0 spiro atoms. The zero-order valence-electron chi connectivity index (χ0n) is 6.73. The summed E-state index contributed by atoms with van der Waals surface area (Å²) in [5.74, 6) is 1.21. The van der Waals surface area contributed by atoms with Gasteiger partial charge in [0, 0.05) is 5.92 Å². The molecule has 1 saturated carbocycles. The van der Waals surface area contributed by atoms with E-state index in [4.69, 9.17) is 0 Å². The molecular weight excluding hydrogens is 204 g/mol. The fourth-order valence-electron chi connectivity index (χ4n) is 2.11. The van der Waals surface area contributed by atoms with Crippen molar-refractivity contribution >= 4 is 21.7 Å². The van der Waals surface area contributed by atoms with Gasteiger partial charge in [-0.15, -0.1) is 0 Å². The van der Waals surface area contributed by atoms with E-state index in [0.717, 1.165) is 10.9 Å². The van der Waals surface area contributed by atoms with Gasteiger partial charge in [0.1, 0.15) is 0 Å². The summed E-state index contributed by atoms with van der Waals surface area (Å²) >= 11 is 3.29. The van der Waals surface area contributed by atoms with Crippen LogP contribution in [-0.4, -0.2) is 5.78 Å². The van der Waals surface area contributed by atoms with E-state index in [0.29, 0.717) is 11.7 Å². The van der Waals surface area contributed by atoms with E-state index in [1.54, 1.807) is 0 Å². The van der Waals surface area contributed by atoms with Crippen LogP contribution in [0.4, 0.5) is 0 Å². The highest BCUT2D eigenvalue weighted by Crippen LogP contribution is 2.57. The molecule has 0 aromatic heterocycles. The Balaban J connectivity index is 2.40.